The highest BCUT2D eigenvalue weighted by molar-refractivity contribution is 5.32. The molecule has 1 aliphatic carbocycles. The predicted octanol–water partition coefficient (Wildman–Crippen LogP) is 4.29. The fourth-order valence-corrected chi connectivity index (χ4v) is 3.28. The van der Waals surface area contributed by atoms with Gasteiger partial charge in [-0.25, -0.2) is 0 Å². The van der Waals surface area contributed by atoms with Crippen molar-refractivity contribution >= 4 is 0 Å². The summed E-state index contributed by atoms with van der Waals surface area (Å²) in [5, 5.41) is 13.9. The summed E-state index contributed by atoms with van der Waals surface area (Å²) in [6.07, 6.45) is 9.81. The van der Waals surface area contributed by atoms with Crippen LogP contribution in [0, 0.1) is 6.92 Å². The van der Waals surface area contributed by atoms with Gasteiger partial charge in [-0.15, -0.1) is 0 Å². The van der Waals surface area contributed by atoms with E-state index >= 15 is 0 Å². The Labute approximate surface area is 130 Å². The normalized spacial score (nSPS) is 17.9. The average Bonchev–Trinajstić information content (AvgIpc) is 2.52. The molecule has 0 amide bonds. The summed E-state index contributed by atoms with van der Waals surface area (Å²) in [7, 11) is 0. The van der Waals surface area contributed by atoms with Crippen molar-refractivity contribution in [3.8, 4) is 0 Å². The van der Waals surface area contributed by atoms with Crippen LogP contribution in [0.15, 0.2) is 18.2 Å². The van der Waals surface area contributed by atoms with Gasteiger partial charge in [-0.3, -0.25) is 0 Å². The van der Waals surface area contributed by atoms with Gasteiger partial charge in [0.05, 0.1) is 6.10 Å². The number of nitrogens with one attached hydrogen (secondary N) is 1. The van der Waals surface area contributed by atoms with Gasteiger partial charge >= 0.3 is 0 Å². The smallest absolute Gasteiger partial charge is 0.0914 e. The summed E-state index contributed by atoms with van der Waals surface area (Å²) in [6, 6.07) is 7.08. The molecule has 2 N–H and O–H groups in total. The number of aliphatic hydroxyl groups excluding tert-OH is 1. The lowest BCUT2D eigenvalue weighted by atomic mass is 9.95. The molecule has 1 aliphatic rings. The molecule has 0 heterocycles. The first-order chi connectivity index (χ1) is 10.2. The number of benzene rings is 1. The summed E-state index contributed by atoms with van der Waals surface area (Å²) < 4.78 is 0. The molecule has 1 fully saturated rings. The van der Waals surface area contributed by atoms with Gasteiger partial charge < -0.3 is 10.4 Å². The van der Waals surface area contributed by atoms with E-state index in [0.29, 0.717) is 12.6 Å². The summed E-state index contributed by atoms with van der Waals surface area (Å²) in [4.78, 5) is 0. The average molecular weight is 289 g/mol. The third-order valence-corrected chi connectivity index (χ3v) is 4.76. The van der Waals surface area contributed by atoms with Crippen LogP contribution in [0.3, 0.4) is 0 Å². The highest BCUT2D eigenvalue weighted by Crippen LogP contribution is 2.21. The van der Waals surface area contributed by atoms with Crippen molar-refractivity contribution in [2.75, 3.05) is 6.54 Å². The maximum Gasteiger partial charge on any atom is 0.0914 e. The van der Waals surface area contributed by atoms with Crippen LogP contribution < -0.4 is 5.32 Å². The molecule has 0 bridgehead atoms. The van der Waals surface area contributed by atoms with Gasteiger partial charge in [0.15, 0.2) is 0 Å². The van der Waals surface area contributed by atoms with Crippen LogP contribution in [0.2, 0.25) is 0 Å². The quantitative estimate of drug-likeness (QED) is 0.784. The minimum absolute atomic E-state index is 0.383. The van der Waals surface area contributed by atoms with Gasteiger partial charge in [-0.1, -0.05) is 50.8 Å². The lowest BCUT2D eigenvalue weighted by molar-refractivity contribution is 0.165. The Morgan fingerprint density at radius 2 is 2.00 bits per heavy atom. The zero-order valence-electron chi connectivity index (χ0n) is 13.7. The van der Waals surface area contributed by atoms with E-state index in [1.54, 1.807) is 0 Å². The minimum Gasteiger partial charge on any atom is -0.387 e. The molecule has 0 radical (unpaired) electrons. The second-order valence-corrected chi connectivity index (χ2v) is 6.55. The third-order valence-electron chi connectivity index (χ3n) is 4.76. The van der Waals surface area contributed by atoms with Crippen molar-refractivity contribution in [3.05, 3.63) is 34.9 Å². The van der Waals surface area contributed by atoms with E-state index in [1.807, 2.05) is 0 Å². The third kappa shape index (κ3) is 5.12. The monoisotopic (exact) mass is 289 g/mol. The van der Waals surface area contributed by atoms with E-state index in [4.69, 9.17) is 0 Å². The van der Waals surface area contributed by atoms with E-state index in [0.717, 1.165) is 12.0 Å². The largest absolute Gasteiger partial charge is 0.387 e. The summed E-state index contributed by atoms with van der Waals surface area (Å²) in [6.45, 7) is 5.07. The Morgan fingerprint density at radius 1 is 1.24 bits per heavy atom. The number of unbranched alkanes of at least 4 members (excludes halogenated alkanes) is 1. The molecule has 2 rings (SSSR count). The zero-order valence-corrected chi connectivity index (χ0v) is 13.7. The summed E-state index contributed by atoms with van der Waals surface area (Å²) in [5.74, 6) is 0. The van der Waals surface area contributed by atoms with Crippen LogP contribution in [0.5, 0.6) is 0 Å². The molecular formula is C19H31NO. The Balaban J connectivity index is 1.86. The molecule has 2 heteroatoms. The predicted molar refractivity (Wildman–Crippen MR) is 89.6 cm³/mol. The van der Waals surface area contributed by atoms with Gasteiger partial charge in [0.2, 0.25) is 0 Å². The number of aryl methyl sites for hydroxylation is 2. The Kier molecular flexibility index (Phi) is 6.72. The number of rotatable bonds is 7. The van der Waals surface area contributed by atoms with E-state index < -0.39 is 0 Å². The van der Waals surface area contributed by atoms with Gasteiger partial charge in [0, 0.05) is 12.6 Å². The molecule has 118 valence electrons. The molecule has 1 atom stereocenters. The standard InChI is InChI=1S/C19H31NO/c1-3-4-8-16-11-12-17(13-15(16)2)19(21)14-20-18-9-6-5-7-10-18/h11-13,18-21H,3-10,14H2,1-2H3. The van der Waals surface area contributed by atoms with Crippen LogP contribution >= 0.6 is 0 Å². The molecule has 21 heavy (non-hydrogen) atoms. The number of aliphatic hydroxyl groups is 1. The minimum atomic E-state index is -0.383. The molecule has 1 unspecified atom stereocenters. The van der Waals surface area contributed by atoms with Crippen molar-refractivity contribution in [2.45, 2.75) is 77.4 Å². The molecule has 1 aromatic carbocycles. The lowest BCUT2D eigenvalue weighted by Crippen LogP contribution is -2.34. The van der Waals surface area contributed by atoms with Crippen LogP contribution in [0.1, 0.15) is 74.7 Å². The van der Waals surface area contributed by atoms with Gasteiger partial charge in [-0.05, 0) is 49.3 Å². The Hall–Kier alpha value is -0.860. The maximum absolute atomic E-state index is 10.4. The lowest BCUT2D eigenvalue weighted by Gasteiger charge is -2.24. The van der Waals surface area contributed by atoms with Crippen molar-refractivity contribution < 1.29 is 5.11 Å². The number of hydrogen-bond donors (Lipinski definition) is 2. The zero-order chi connectivity index (χ0) is 15.1. The molecule has 0 spiro atoms. The molecule has 1 saturated carbocycles. The summed E-state index contributed by atoms with van der Waals surface area (Å²) in [5.41, 5.74) is 3.79. The molecule has 2 nitrogen and oxygen atoms in total. The maximum atomic E-state index is 10.4. The van der Waals surface area contributed by atoms with E-state index in [9.17, 15) is 5.11 Å². The second kappa shape index (κ2) is 8.55. The first-order valence-corrected chi connectivity index (χ1v) is 8.71. The first-order valence-electron chi connectivity index (χ1n) is 8.71. The fraction of sp³-hybridized carbons (Fsp3) is 0.684. The molecule has 0 saturated heterocycles. The first kappa shape index (κ1) is 16.5. The van der Waals surface area contributed by atoms with Crippen molar-refractivity contribution in [2.24, 2.45) is 0 Å². The van der Waals surface area contributed by atoms with Crippen molar-refractivity contribution in [1.29, 1.82) is 0 Å². The second-order valence-electron chi connectivity index (χ2n) is 6.55. The molecule has 1 aromatic rings. The van der Waals surface area contributed by atoms with Crippen molar-refractivity contribution in [3.63, 3.8) is 0 Å². The topological polar surface area (TPSA) is 32.3 Å². The van der Waals surface area contributed by atoms with Gasteiger partial charge in [0.25, 0.3) is 0 Å². The van der Waals surface area contributed by atoms with Crippen LogP contribution in [-0.2, 0) is 6.42 Å². The highest BCUT2D eigenvalue weighted by atomic mass is 16.3. The number of hydrogen-bond acceptors (Lipinski definition) is 2. The van der Waals surface area contributed by atoms with Gasteiger partial charge in [0.1, 0.15) is 0 Å². The van der Waals surface area contributed by atoms with Crippen LogP contribution in [-0.4, -0.2) is 17.7 Å². The van der Waals surface area contributed by atoms with E-state index in [2.05, 4.69) is 37.4 Å². The van der Waals surface area contributed by atoms with Crippen LogP contribution in [0.4, 0.5) is 0 Å². The van der Waals surface area contributed by atoms with Crippen LogP contribution in [0.25, 0.3) is 0 Å². The Bertz CT molecular complexity index is 424. The van der Waals surface area contributed by atoms with E-state index in [-0.39, 0.29) is 6.10 Å². The Morgan fingerprint density at radius 3 is 2.67 bits per heavy atom. The summed E-state index contributed by atoms with van der Waals surface area (Å²) >= 11 is 0. The highest BCUT2D eigenvalue weighted by Gasteiger charge is 2.15. The van der Waals surface area contributed by atoms with Gasteiger partial charge in [-0.2, -0.15) is 0 Å². The SMILES string of the molecule is CCCCc1ccc(C(O)CNC2CCCCC2)cc1C. The molecule has 0 aliphatic heterocycles. The van der Waals surface area contributed by atoms with Crippen molar-refractivity contribution in [1.82, 2.24) is 5.32 Å². The fourth-order valence-electron chi connectivity index (χ4n) is 3.28. The molecule has 0 aromatic heterocycles. The molecular weight excluding hydrogens is 258 g/mol. The van der Waals surface area contributed by atoms with E-state index in [1.165, 1.54) is 56.1 Å².